The second-order valence-electron chi connectivity index (χ2n) is 5.40. The lowest BCUT2D eigenvalue weighted by Crippen LogP contribution is -2.15. The van der Waals surface area contributed by atoms with Crippen molar-refractivity contribution in [1.29, 1.82) is 5.26 Å². The van der Waals surface area contributed by atoms with Crippen LogP contribution < -0.4 is 5.73 Å². The predicted octanol–water partition coefficient (Wildman–Crippen LogP) is 3.07. The zero-order valence-corrected chi connectivity index (χ0v) is 11.0. The number of fused-ring (bicyclic) bond motifs is 1. The first-order valence-electron chi connectivity index (χ1n) is 6.94. The van der Waals surface area contributed by atoms with Gasteiger partial charge >= 0.3 is 0 Å². The fraction of sp³-hybridized carbons (Fsp3) is 0.467. The van der Waals surface area contributed by atoms with E-state index in [-0.39, 0.29) is 0 Å². The quantitative estimate of drug-likeness (QED) is 0.895. The van der Waals surface area contributed by atoms with Crippen LogP contribution in [0.25, 0.3) is 11.0 Å². The molecule has 0 saturated heterocycles. The summed E-state index contributed by atoms with van der Waals surface area (Å²) < 4.78 is 2.08. The van der Waals surface area contributed by atoms with E-state index in [1.807, 2.05) is 12.1 Å². The van der Waals surface area contributed by atoms with Crippen molar-refractivity contribution in [2.75, 3.05) is 5.73 Å². The SMILES string of the molecule is N#Cc1ccc2nc(N)n(CC3CCCCC3)c2c1. The summed E-state index contributed by atoms with van der Waals surface area (Å²) in [5, 5.41) is 9.01. The molecule has 1 aromatic carbocycles. The van der Waals surface area contributed by atoms with Gasteiger partial charge in [0, 0.05) is 6.54 Å². The summed E-state index contributed by atoms with van der Waals surface area (Å²) in [4.78, 5) is 4.39. The number of nitrogen functional groups attached to an aromatic ring is 1. The molecule has 1 fully saturated rings. The molecule has 0 atom stereocenters. The van der Waals surface area contributed by atoms with Gasteiger partial charge in [-0.15, -0.1) is 0 Å². The molecule has 2 N–H and O–H groups in total. The molecule has 1 saturated carbocycles. The number of nitrogens with two attached hydrogens (primary N) is 1. The minimum Gasteiger partial charge on any atom is -0.369 e. The largest absolute Gasteiger partial charge is 0.369 e. The molecule has 3 rings (SSSR count). The molecule has 0 spiro atoms. The van der Waals surface area contributed by atoms with E-state index in [0.29, 0.717) is 17.4 Å². The van der Waals surface area contributed by atoms with Gasteiger partial charge < -0.3 is 10.3 Å². The van der Waals surface area contributed by atoms with Gasteiger partial charge in [0.2, 0.25) is 5.95 Å². The second kappa shape index (κ2) is 4.93. The maximum Gasteiger partial charge on any atom is 0.201 e. The van der Waals surface area contributed by atoms with Crippen LogP contribution in [0, 0.1) is 17.2 Å². The molecule has 1 aromatic heterocycles. The van der Waals surface area contributed by atoms with Gasteiger partial charge in [-0.2, -0.15) is 5.26 Å². The first-order chi connectivity index (χ1) is 9.28. The Bertz CT molecular complexity index is 629. The Morgan fingerprint density at radius 3 is 2.84 bits per heavy atom. The average Bonchev–Trinajstić information content (AvgIpc) is 2.76. The predicted molar refractivity (Wildman–Crippen MR) is 75.4 cm³/mol. The number of nitrogens with zero attached hydrogens (tertiary/aromatic N) is 3. The van der Waals surface area contributed by atoms with E-state index >= 15 is 0 Å². The summed E-state index contributed by atoms with van der Waals surface area (Å²) in [6.07, 6.45) is 6.55. The Morgan fingerprint density at radius 2 is 2.11 bits per heavy atom. The molecule has 19 heavy (non-hydrogen) atoms. The molecule has 2 aromatic rings. The molecule has 4 heteroatoms. The van der Waals surface area contributed by atoms with Crippen LogP contribution in [-0.2, 0) is 6.54 Å². The highest BCUT2D eigenvalue weighted by atomic mass is 15.2. The molecule has 0 unspecified atom stereocenters. The van der Waals surface area contributed by atoms with Crippen LogP contribution in [0.3, 0.4) is 0 Å². The summed E-state index contributed by atoms with van der Waals surface area (Å²) >= 11 is 0. The smallest absolute Gasteiger partial charge is 0.201 e. The molecule has 1 aliphatic carbocycles. The highest BCUT2D eigenvalue weighted by Gasteiger charge is 2.17. The van der Waals surface area contributed by atoms with Crippen molar-refractivity contribution in [3.8, 4) is 6.07 Å². The van der Waals surface area contributed by atoms with Crippen LogP contribution >= 0.6 is 0 Å². The van der Waals surface area contributed by atoms with Crippen molar-refractivity contribution in [3.05, 3.63) is 23.8 Å². The van der Waals surface area contributed by atoms with Gasteiger partial charge in [-0.25, -0.2) is 4.98 Å². The van der Waals surface area contributed by atoms with Crippen molar-refractivity contribution in [2.45, 2.75) is 38.6 Å². The number of anilines is 1. The number of rotatable bonds is 2. The van der Waals surface area contributed by atoms with E-state index in [1.54, 1.807) is 6.07 Å². The number of benzene rings is 1. The fourth-order valence-electron chi connectivity index (χ4n) is 3.03. The van der Waals surface area contributed by atoms with Crippen LogP contribution in [0.4, 0.5) is 5.95 Å². The first-order valence-corrected chi connectivity index (χ1v) is 6.94. The van der Waals surface area contributed by atoms with Crippen LogP contribution in [0.15, 0.2) is 18.2 Å². The van der Waals surface area contributed by atoms with Gasteiger partial charge in [-0.05, 0) is 37.0 Å². The van der Waals surface area contributed by atoms with Crippen molar-refractivity contribution in [1.82, 2.24) is 9.55 Å². The number of nitriles is 1. The highest BCUT2D eigenvalue weighted by molar-refractivity contribution is 5.79. The van der Waals surface area contributed by atoms with Crippen molar-refractivity contribution in [3.63, 3.8) is 0 Å². The molecular weight excluding hydrogens is 236 g/mol. The van der Waals surface area contributed by atoms with E-state index in [2.05, 4.69) is 15.6 Å². The summed E-state index contributed by atoms with van der Waals surface area (Å²) in [5.41, 5.74) is 8.56. The molecule has 1 aliphatic rings. The van der Waals surface area contributed by atoms with Gasteiger partial charge in [0.05, 0.1) is 22.7 Å². The zero-order chi connectivity index (χ0) is 13.2. The third kappa shape index (κ3) is 2.28. The van der Waals surface area contributed by atoms with Crippen molar-refractivity contribution in [2.24, 2.45) is 5.92 Å². The lowest BCUT2D eigenvalue weighted by molar-refractivity contribution is 0.323. The lowest BCUT2D eigenvalue weighted by atomic mass is 9.89. The Labute approximate surface area is 112 Å². The maximum absolute atomic E-state index is 9.01. The van der Waals surface area contributed by atoms with Gasteiger partial charge in [-0.1, -0.05) is 19.3 Å². The topological polar surface area (TPSA) is 67.6 Å². The van der Waals surface area contributed by atoms with E-state index in [0.717, 1.165) is 17.6 Å². The van der Waals surface area contributed by atoms with Crippen molar-refractivity contribution >= 4 is 17.0 Å². The number of imidazole rings is 1. The van der Waals surface area contributed by atoms with Gasteiger partial charge in [-0.3, -0.25) is 0 Å². The van der Waals surface area contributed by atoms with E-state index in [1.165, 1.54) is 32.1 Å². The number of hydrogen-bond acceptors (Lipinski definition) is 3. The van der Waals surface area contributed by atoms with Gasteiger partial charge in [0.25, 0.3) is 0 Å². The molecule has 1 heterocycles. The molecule has 0 amide bonds. The van der Waals surface area contributed by atoms with Gasteiger partial charge in [0.1, 0.15) is 0 Å². The number of hydrogen-bond donors (Lipinski definition) is 1. The molecular formula is C15H18N4. The highest BCUT2D eigenvalue weighted by Crippen LogP contribution is 2.28. The lowest BCUT2D eigenvalue weighted by Gasteiger charge is -2.22. The second-order valence-corrected chi connectivity index (χ2v) is 5.40. The molecule has 4 nitrogen and oxygen atoms in total. The molecule has 0 bridgehead atoms. The standard InChI is InChI=1S/C15H18N4/c16-9-12-6-7-13-14(8-12)19(15(17)18-13)10-11-4-2-1-3-5-11/h6-8,11H,1-5,10H2,(H2,17,18). The minimum atomic E-state index is 0.565. The van der Waals surface area contributed by atoms with Crippen molar-refractivity contribution < 1.29 is 0 Å². The fourth-order valence-corrected chi connectivity index (χ4v) is 3.03. The zero-order valence-electron chi connectivity index (χ0n) is 11.0. The normalized spacial score (nSPS) is 16.6. The third-order valence-electron chi connectivity index (χ3n) is 4.07. The Kier molecular flexibility index (Phi) is 3.12. The Morgan fingerprint density at radius 1 is 1.32 bits per heavy atom. The van der Waals surface area contributed by atoms with Crippen LogP contribution in [0.2, 0.25) is 0 Å². The molecule has 0 radical (unpaired) electrons. The minimum absolute atomic E-state index is 0.565. The summed E-state index contributed by atoms with van der Waals surface area (Å²) in [6.45, 7) is 0.928. The third-order valence-corrected chi connectivity index (χ3v) is 4.07. The first kappa shape index (κ1) is 12.0. The van der Waals surface area contributed by atoms with Crippen LogP contribution in [-0.4, -0.2) is 9.55 Å². The van der Waals surface area contributed by atoms with E-state index < -0.39 is 0 Å². The number of aromatic nitrogens is 2. The van der Waals surface area contributed by atoms with E-state index in [4.69, 9.17) is 11.0 Å². The Hall–Kier alpha value is -2.02. The van der Waals surface area contributed by atoms with Gasteiger partial charge in [0.15, 0.2) is 0 Å². The Balaban J connectivity index is 1.97. The molecule has 0 aliphatic heterocycles. The molecule has 98 valence electrons. The van der Waals surface area contributed by atoms with E-state index in [9.17, 15) is 0 Å². The van der Waals surface area contributed by atoms with Crippen LogP contribution in [0.1, 0.15) is 37.7 Å². The summed E-state index contributed by atoms with van der Waals surface area (Å²) in [6, 6.07) is 7.74. The van der Waals surface area contributed by atoms with Crippen LogP contribution in [0.5, 0.6) is 0 Å². The summed E-state index contributed by atoms with van der Waals surface area (Å²) in [5.74, 6) is 1.26. The average molecular weight is 254 g/mol. The monoisotopic (exact) mass is 254 g/mol. The summed E-state index contributed by atoms with van der Waals surface area (Å²) in [7, 11) is 0. The maximum atomic E-state index is 9.01.